The summed E-state index contributed by atoms with van der Waals surface area (Å²) in [6, 6.07) is 9.39. The highest BCUT2D eigenvalue weighted by atomic mass is 16.5. The molecule has 2 nitrogen and oxygen atoms in total. The van der Waals surface area contributed by atoms with E-state index in [1.54, 1.807) is 0 Å². The number of benzene rings is 1. The predicted molar refractivity (Wildman–Crippen MR) is 71.3 cm³/mol. The average molecular weight is 233 g/mol. The molecule has 0 radical (unpaired) electrons. The molecule has 0 fully saturated rings. The summed E-state index contributed by atoms with van der Waals surface area (Å²) in [7, 11) is 0. The summed E-state index contributed by atoms with van der Waals surface area (Å²) < 4.78 is 5.77. The first-order valence-corrected chi connectivity index (χ1v) is 6.70. The fourth-order valence-corrected chi connectivity index (χ4v) is 2.57. The van der Waals surface area contributed by atoms with Crippen LogP contribution in [0.15, 0.2) is 24.3 Å². The van der Waals surface area contributed by atoms with Gasteiger partial charge in [-0.05, 0) is 19.4 Å². The van der Waals surface area contributed by atoms with Crippen molar-refractivity contribution in [2.75, 3.05) is 6.61 Å². The first-order valence-electron chi connectivity index (χ1n) is 6.70. The molecule has 0 saturated carbocycles. The second kappa shape index (κ2) is 5.54. The first kappa shape index (κ1) is 12.4. The molecule has 2 rings (SSSR count). The molecule has 0 aromatic heterocycles. The van der Waals surface area contributed by atoms with Crippen LogP contribution in [0.2, 0.25) is 0 Å². The second-order valence-corrected chi connectivity index (χ2v) is 5.16. The largest absolute Gasteiger partial charge is 0.493 e. The normalized spacial score (nSPS) is 24.9. The molecular formula is C15H23NO. The molecule has 0 spiro atoms. The topological polar surface area (TPSA) is 21.3 Å². The van der Waals surface area contributed by atoms with Crippen LogP contribution in [0.4, 0.5) is 0 Å². The van der Waals surface area contributed by atoms with E-state index >= 15 is 0 Å². The van der Waals surface area contributed by atoms with Gasteiger partial charge in [-0.1, -0.05) is 38.5 Å². The van der Waals surface area contributed by atoms with E-state index in [0.717, 1.165) is 12.4 Å². The number of hydrogen-bond acceptors (Lipinski definition) is 2. The molecule has 0 saturated heterocycles. The first-order chi connectivity index (χ1) is 8.22. The second-order valence-electron chi connectivity index (χ2n) is 5.16. The molecule has 1 heterocycles. The van der Waals surface area contributed by atoms with Gasteiger partial charge < -0.3 is 10.1 Å². The molecule has 3 atom stereocenters. The van der Waals surface area contributed by atoms with Crippen LogP contribution in [0.5, 0.6) is 5.75 Å². The molecule has 2 heteroatoms. The third-order valence-electron chi connectivity index (χ3n) is 3.51. The van der Waals surface area contributed by atoms with Crippen molar-refractivity contribution in [2.45, 2.75) is 45.7 Å². The Morgan fingerprint density at radius 2 is 2.18 bits per heavy atom. The van der Waals surface area contributed by atoms with Crippen molar-refractivity contribution in [1.29, 1.82) is 0 Å². The third kappa shape index (κ3) is 2.81. The molecule has 0 bridgehead atoms. The average Bonchev–Trinajstić information content (AvgIpc) is 2.33. The van der Waals surface area contributed by atoms with Gasteiger partial charge in [0.2, 0.25) is 0 Å². The van der Waals surface area contributed by atoms with Crippen molar-refractivity contribution in [2.24, 2.45) is 5.92 Å². The molecule has 1 aromatic rings. The van der Waals surface area contributed by atoms with Crippen LogP contribution in [0, 0.1) is 5.92 Å². The van der Waals surface area contributed by atoms with Gasteiger partial charge in [0.05, 0.1) is 6.61 Å². The standard InChI is InChI=1S/C15H23NO/c1-4-7-12(3)16-15-11(2)10-17-14-9-6-5-8-13(14)15/h5-6,8-9,11-12,15-16H,4,7,10H2,1-3H3. The van der Waals surface area contributed by atoms with Crippen LogP contribution in [-0.2, 0) is 0 Å². The summed E-state index contributed by atoms with van der Waals surface area (Å²) in [5.41, 5.74) is 1.31. The Kier molecular flexibility index (Phi) is 4.06. The van der Waals surface area contributed by atoms with E-state index in [1.807, 2.05) is 6.07 Å². The van der Waals surface area contributed by atoms with Crippen LogP contribution in [-0.4, -0.2) is 12.6 Å². The summed E-state index contributed by atoms with van der Waals surface area (Å²) >= 11 is 0. The van der Waals surface area contributed by atoms with Crippen LogP contribution < -0.4 is 10.1 Å². The van der Waals surface area contributed by atoms with E-state index in [-0.39, 0.29) is 0 Å². The Labute approximate surface area is 104 Å². The van der Waals surface area contributed by atoms with E-state index in [9.17, 15) is 0 Å². The summed E-state index contributed by atoms with van der Waals surface area (Å²) in [5, 5.41) is 3.75. The van der Waals surface area contributed by atoms with Gasteiger partial charge in [-0.15, -0.1) is 0 Å². The van der Waals surface area contributed by atoms with Crippen molar-refractivity contribution in [3.05, 3.63) is 29.8 Å². The minimum Gasteiger partial charge on any atom is -0.493 e. The maximum Gasteiger partial charge on any atom is 0.124 e. The van der Waals surface area contributed by atoms with Gasteiger partial charge in [0.1, 0.15) is 5.75 Å². The molecular weight excluding hydrogens is 210 g/mol. The highest BCUT2D eigenvalue weighted by Gasteiger charge is 2.28. The summed E-state index contributed by atoms with van der Waals surface area (Å²) in [4.78, 5) is 0. The number of rotatable bonds is 4. The number of fused-ring (bicyclic) bond motifs is 1. The van der Waals surface area contributed by atoms with Gasteiger partial charge in [-0.3, -0.25) is 0 Å². The molecule has 94 valence electrons. The number of nitrogens with one attached hydrogen (secondary N) is 1. The zero-order chi connectivity index (χ0) is 12.3. The van der Waals surface area contributed by atoms with Gasteiger partial charge in [0.15, 0.2) is 0 Å². The highest BCUT2D eigenvalue weighted by Crippen LogP contribution is 2.35. The van der Waals surface area contributed by atoms with Crippen molar-refractivity contribution in [1.82, 2.24) is 5.32 Å². The molecule has 1 N–H and O–H groups in total. The lowest BCUT2D eigenvalue weighted by molar-refractivity contribution is 0.180. The molecule has 3 unspecified atom stereocenters. The van der Waals surface area contributed by atoms with Crippen LogP contribution in [0.3, 0.4) is 0 Å². The monoisotopic (exact) mass is 233 g/mol. The van der Waals surface area contributed by atoms with Gasteiger partial charge in [-0.25, -0.2) is 0 Å². The number of ether oxygens (including phenoxy) is 1. The molecule has 17 heavy (non-hydrogen) atoms. The third-order valence-corrected chi connectivity index (χ3v) is 3.51. The van der Waals surface area contributed by atoms with E-state index in [0.29, 0.717) is 18.0 Å². The zero-order valence-corrected chi connectivity index (χ0v) is 11.1. The smallest absolute Gasteiger partial charge is 0.124 e. The van der Waals surface area contributed by atoms with E-state index in [2.05, 4.69) is 44.3 Å². The van der Waals surface area contributed by atoms with Gasteiger partial charge >= 0.3 is 0 Å². The minimum atomic E-state index is 0.432. The Bertz CT molecular complexity index is 364. The molecule has 1 aliphatic heterocycles. The fraction of sp³-hybridized carbons (Fsp3) is 0.600. The summed E-state index contributed by atoms with van der Waals surface area (Å²) in [6.45, 7) is 7.58. The van der Waals surface area contributed by atoms with Gasteiger partial charge in [-0.2, -0.15) is 0 Å². The summed E-state index contributed by atoms with van der Waals surface area (Å²) in [5.74, 6) is 1.58. The Morgan fingerprint density at radius 3 is 2.94 bits per heavy atom. The van der Waals surface area contributed by atoms with Gasteiger partial charge in [0.25, 0.3) is 0 Å². The van der Waals surface area contributed by atoms with E-state index < -0.39 is 0 Å². The maximum absolute atomic E-state index is 5.77. The molecule has 0 amide bonds. The lowest BCUT2D eigenvalue weighted by Gasteiger charge is -2.34. The number of para-hydroxylation sites is 1. The maximum atomic E-state index is 5.77. The van der Waals surface area contributed by atoms with Crippen molar-refractivity contribution >= 4 is 0 Å². The van der Waals surface area contributed by atoms with Crippen molar-refractivity contribution < 1.29 is 4.74 Å². The lowest BCUT2D eigenvalue weighted by Crippen LogP contribution is -2.38. The molecule has 1 aromatic carbocycles. The van der Waals surface area contributed by atoms with Gasteiger partial charge in [0, 0.05) is 23.6 Å². The zero-order valence-electron chi connectivity index (χ0n) is 11.1. The Hall–Kier alpha value is -1.02. The predicted octanol–water partition coefficient (Wildman–Crippen LogP) is 3.53. The van der Waals surface area contributed by atoms with Crippen LogP contribution in [0.1, 0.15) is 45.2 Å². The Morgan fingerprint density at radius 1 is 1.41 bits per heavy atom. The van der Waals surface area contributed by atoms with Crippen LogP contribution in [0.25, 0.3) is 0 Å². The van der Waals surface area contributed by atoms with Crippen LogP contribution >= 0.6 is 0 Å². The lowest BCUT2D eigenvalue weighted by atomic mass is 9.91. The van der Waals surface area contributed by atoms with Crippen molar-refractivity contribution in [3.8, 4) is 5.75 Å². The van der Waals surface area contributed by atoms with Crippen molar-refractivity contribution in [3.63, 3.8) is 0 Å². The van der Waals surface area contributed by atoms with E-state index in [4.69, 9.17) is 4.74 Å². The molecule has 0 aliphatic carbocycles. The van der Waals surface area contributed by atoms with E-state index in [1.165, 1.54) is 18.4 Å². The fourth-order valence-electron chi connectivity index (χ4n) is 2.57. The highest BCUT2D eigenvalue weighted by molar-refractivity contribution is 5.37. The summed E-state index contributed by atoms with van der Waals surface area (Å²) in [6.07, 6.45) is 2.46. The Balaban J connectivity index is 2.15. The SMILES string of the molecule is CCCC(C)NC1c2ccccc2OCC1C. The minimum absolute atomic E-state index is 0.432. The number of hydrogen-bond donors (Lipinski definition) is 1. The quantitative estimate of drug-likeness (QED) is 0.859. The molecule has 1 aliphatic rings.